The summed E-state index contributed by atoms with van der Waals surface area (Å²) in [4.78, 5) is 11.0. The Labute approximate surface area is 111 Å². The van der Waals surface area contributed by atoms with Gasteiger partial charge in [-0.1, -0.05) is 0 Å². The van der Waals surface area contributed by atoms with Crippen LogP contribution in [0.25, 0.3) is 6.08 Å². The molecule has 0 saturated carbocycles. The molecule has 0 radical (unpaired) electrons. The number of carbonyl (C=O) groups excluding carboxylic acids is 1. The second-order valence-corrected chi connectivity index (χ2v) is 3.76. The molecule has 5 nitrogen and oxygen atoms in total. The third kappa shape index (κ3) is 2.70. The van der Waals surface area contributed by atoms with Crippen molar-refractivity contribution in [2.24, 2.45) is 0 Å². The minimum atomic E-state index is -0.376. The van der Waals surface area contributed by atoms with Gasteiger partial charge in [0.05, 0.1) is 21.3 Å². The van der Waals surface area contributed by atoms with Crippen LogP contribution in [-0.2, 0) is 9.53 Å². The van der Waals surface area contributed by atoms with Crippen LogP contribution < -0.4 is 14.2 Å². The summed E-state index contributed by atoms with van der Waals surface area (Å²) in [6.07, 6.45) is 4.68. The van der Waals surface area contributed by atoms with Crippen molar-refractivity contribution in [3.05, 3.63) is 35.6 Å². The van der Waals surface area contributed by atoms with Gasteiger partial charge in [-0.05, 0) is 29.8 Å². The van der Waals surface area contributed by atoms with Gasteiger partial charge in [0.15, 0.2) is 11.5 Å². The summed E-state index contributed by atoms with van der Waals surface area (Å²) in [6.45, 7) is 0. The number of carbonyl (C=O) groups is 1. The Hall–Kier alpha value is -2.43. The zero-order valence-corrected chi connectivity index (χ0v) is 10.9. The molecule has 0 bridgehead atoms. The molecule has 1 aromatic carbocycles. The summed E-state index contributed by atoms with van der Waals surface area (Å²) in [5.74, 6) is 1.70. The molecule has 0 unspecified atom stereocenters. The Balaban J connectivity index is 2.42. The molecular formula is C14H14O5. The molecule has 2 rings (SSSR count). The predicted molar refractivity (Wildman–Crippen MR) is 69.3 cm³/mol. The molecule has 0 N–H and O–H groups in total. The number of esters is 1. The van der Waals surface area contributed by atoms with E-state index in [4.69, 9.17) is 18.9 Å². The number of hydrogen-bond donors (Lipinski definition) is 0. The van der Waals surface area contributed by atoms with Crippen LogP contribution >= 0.6 is 0 Å². The first kappa shape index (κ1) is 13.0. The van der Waals surface area contributed by atoms with Gasteiger partial charge in [-0.15, -0.1) is 0 Å². The molecule has 0 amide bonds. The van der Waals surface area contributed by atoms with Gasteiger partial charge >= 0.3 is 5.97 Å². The first-order valence-electron chi connectivity index (χ1n) is 5.59. The highest BCUT2D eigenvalue weighted by Gasteiger charge is 2.14. The van der Waals surface area contributed by atoms with Crippen molar-refractivity contribution in [3.63, 3.8) is 0 Å². The molecule has 0 atom stereocenters. The van der Waals surface area contributed by atoms with Crippen LogP contribution in [0.3, 0.4) is 0 Å². The Kier molecular flexibility index (Phi) is 3.75. The minimum absolute atomic E-state index is 0.376. The third-order valence-corrected chi connectivity index (χ3v) is 2.60. The fourth-order valence-electron chi connectivity index (χ4n) is 1.76. The van der Waals surface area contributed by atoms with Crippen molar-refractivity contribution in [2.75, 3.05) is 21.3 Å². The van der Waals surface area contributed by atoms with Crippen molar-refractivity contribution in [1.29, 1.82) is 0 Å². The molecule has 0 aromatic heterocycles. The van der Waals surface area contributed by atoms with Gasteiger partial charge in [-0.25, -0.2) is 4.79 Å². The van der Waals surface area contributed by atoms with E-state index in [1.807, 2.05) is 0 Å². The summed E-state index contributed by atoms with van der Waals surface area (Å²) in [6, 6.07) is 3.54. The molecule has 0 saturated heterocycles. The maximum Gasteiger partial charge on any atom is 0.336 e. The van der Waals surface area contributed by atoms with Crippen LogP contribution in [-0.4, -0.2) is 27.3 Å². The molecule has 0 spiro atoms. The molecule has 1 aliphatic rings. The maximum atomic E-state index is 11.0. The van der Waals surface area contributed by atoms with Gasteiger partial charge in [0, 0.05) is 6.08 Å². The Morgan fingerprint density at radius 2 is 1.63 bits per heavy atom. The van der Waals surface area contributed by atoms with Crippen molar-refractivity contribution in [2.45, 2.75) is 0 Å². The van der Waals surface area contributed by atoms with Crippen molar-refractivity contribution in [1.82, 2.24) is 0 Å². The number of methoxy groups -OCH3 is 3. The van der Waals surface area contributed by atoms with Crippen molar-refractivity contribution in [3.8, 4) is 17.2 Å². The fraction of sp³-hybridized carbons (Fsp3) is 0.214. The Morgan fingerprint density at radius 1 is 1.00 bits per heavy atom. The van der Waals surface area contributed by atoms with E-state index in [9.17, 15) is 4.79 Å². The summed E-state index contributed by atoms with van der Waals surface area (Å²) in [5.41, 5.74) is 0.781. The van der Waals surface area contributed by atoms with Crippen LogP contribution in [0.5, 0.6) is 17.2 Å². The maximum absolute atomic E-state index is 11.0. The molecule has 100 valence electrons. The van der Waals surface area contributed by atoms with E-state index < -0.39 is 0 Å². The smallest absolute Gasteiger partial charge is 0.336 e. The van der Waals surface area contributed by atoms with Crippen LogP contribution in [0, 0.1) is 0 Å². The van der Waals surface area contributed by atoms with E-state index in [0.717, 1.165) is 5.56 Å². The molecule has 19 heavy (non-hydrogen) atoms. The normalized spacial score (nSPS) is 15.5. The SMILES string of the molecule is COc1cc(/C=C2/C=CC(=O)O2)cc(OC)c1OC. The third-order valence-electron chi connectivity index (χ3n) is 2.60. The second-order valence-electron chi connectivity index (χ2n) is 3.76. The van der Waals surface area contributed by atoms with Gasteiger partial charge in [0.2, 0.25) is 5.75 Å². The monoisotopic (exact) mass is 262 g/mol. The van der Waals surface area contributed by atoms with E-state index in [2.05, 4.69) is 0 Å². The molecule has 0 aliphatic carbocycles. The second kappa shape index (κ2) is 5.48. The zero-order chi connectivity index (χ0) is 13.8. The largest absolute Gasteiger partial charge is 0.493 e. The fourth-order valence-corrected chi connectivity index (χ4v) is 1.76. The quantitative estimate of drug-likeness (QED) is 0.778. The van der Waals surface area contributed by atoms with Gasteiger partial charge in [-0.3, -0.25) is 0 Å². The lowest BCUT2D eigenvalue weighted by Crippen LogP contribution is -1.96. The van der Waals surface area contributed by atoms with E-state index in [1.54, 1.807) is 45.6 Å². The van der Waals surface area contributed by atoms with Gasteiger partial charge < -0.3 is 18.9 Å². The molecule has 0 fully saturated rings. The zero-order valence-electron chi connectivity index (χ0n) is 10.9. The summed E-state index contributed by atoms with van der Waals surface area (Å²) < 4.78 is 20.7. The van der Waals surface area contributed by atoms with Gasteiger partial charge in [-0.2, -0.15) is 0 Å². The Bertz CT molecular complexity index is 532. The van der Waals surface area contributed by atoms with E-state index in [0.29, 0.717) is 23.0 Å². The Morgan fingerprint density at radius 3 is 2.05 bits per heavy atom. The van der Waals surface area contributed by atoms with Gasteiger partial charge in [0.25, 0.3) is 0 Å². The summed E-state index contributed by atoms with van der Waals surface area (Å²) >= 11 is 0. The lowest BCUT2D eigenvalue weighted by Gasteiger charge is -2.13. The number of benzene rings is 1. The number of rotatable bonds is 4. The standard InChI is InChI=1S/C14H14O5/c1-16-11-7-9(6-10-4-5-13(15)19-10)8-12(17-2)14(11)18-3/h4-8H,1-3H3/b10-6-. The summed E-state index contributed by atoms with van der Waals surface area (Å²) in [7, 11) is 4.63. The van der Waals surface area contributed by atoms with Crippen LogP contribution in [0.1, 0.15) is 5.56 Å². The van der Waals surface area contributed by atoms with Crippen molar-refractivity contribution < 1.29 is 23.7 Å². The van der Waals surface area contributed by atoms with Crippen LogP contribution in [0.15, 0.2) is 30.0 Å². The number of allylic oxidation sites excluding steroid dienone is 1. The van der Waals surface area contributed by atoms with Gasteiger partial charge in [0.1, 0.15) is 5.76 Å². The number of ether oxygens (including phenoxy) is 4. The molecule has 5 heteroatoms. The number of hydrogen-bond acceptors (Lipinski definition) is 5. The lowest BCUT2D eigenvalue weighted by atomic mass is 10.1. The molecule has 1 aliphatic heterocycles. The molecule has 1 aromatic rings. The predicted octanol–water partition coefficient (Wildman–Crippen LogP) is 2.17. The van der Waals surface area contributed by atoms with E-state index in [1.165, 1.54) is 6.08 Å². The first-order chi connectivity index (χ1) is 9.17. The highest BCUT2D eigenvalue weighted by Crippen LogP contribution is 2.38. The summed E-state index contributed by atoms with van der Waals surface area (Å²) in [5, 5.41) is 0. The highest BCUT2D eigenvalue weighted by atomic mass is 16.5. The highest BCUT2D eigenvalue weighted by molar-refractivity contribution is 5.88. The average Bonchev–Trinajstić information content (AvgIpc) is 2.82. The average molecular weight is 262 g/mol. The van der Waals surface area contributed by atoms with Crippen LogP contribution in [0.4, 0.5) is 0 Å². The van der Waals surface area contributed by atoms with Crippen molar-refractivity contribution >= 4 is 12.0 Å². The molecule has 1 heterocycles. The lowest BCUT2D eigenvalue weighted by molar-refractivity contribution is -0.132. The molecular weight excluding hydrogens is 248 g/mol. The minimum Gasteiger partial charge on any atom is -0.493 e. The van der Waals surface area contributed by atoms with E-state index in [-0.39, 0.29) is 5.97 Å². The topological polar surface area (TPSA) is 54.0 Å². The van der Waals surface area contributed by atoms with E-state index >= 15 is 0 Å². The first-order valence-corrected chi connectivity index (χ1v) is 5.59. The number of cyclic esters (lactones) is 1. The van der Waals surface area contributed by atoms with Crippen LogP contribution in [0.2, 0.25) is 0 Å².